The van der Waals surface area contributed by atoms with Crippen molar-refractivity contribution in [3.8, 4) is 0 Å². The van der Waals surface area contributed by atoms with Crippen LogP contribution in [-0.2, 0) is 15.3 Å². The lowest BCUT2D eigenvalue weighted by Crippen LogP contribution is -2.63. The molecule has 1 aliphatic heterocycles. The van der Waals surface area contributed by atoms with E-state index in [0.29, 0.717) is 22.6 Å². The third-order valence-corrected chi connectivity index (χ3v) is 9.76. The van der Waals surface area contributed by atoms with Crippen molar-refractivity contribution in [2.24, 2.45) is 4.36 Å². The number of halogens is 2. The van der Waals surface area contributed by atoms with Gasteiger partial charge in [0.2, 0.25) is 0 Å². The molecule has 7 nitrogen and oxygen atoms in total. The van der Waals surface area contributed by atoms with E-state index in [2.05, 4.69) is 40.9 Å². The minimum Gasteiger partial charge on any atom is -0.362 e. The zero-order valence-electron chi connectivity index (χ0n) is 18.2. The van der Waals surface area contributed by atoms with Crippen LogP contribution in [0.4, 0.5) is 15.9 Å². The lowest BCUT2D eigenvalue weighted by Gasteiger charge is -2.45. The van der Waals surface area contributed by atoms with Crippen LogP contribution in [0.25, 0.3) is 10.9 Å². The molecule has 0 bridgehead atoms. The van der Waals surface area contributed by atoms with E-state index in [1.165, 1.54) is 13.1 Å². The molecule has 2 atom stereocenters. The number of benzene rings is 1. The number of fused-ring (bicyclic) bond motifs is 1. The number of amidine groups is 1. The number of hydrogen-bond acceptors (Lipinski definition) is 6. The van der Waals surface area contributed by atoms with Gasteiger partial charge in [0, 0.05) is 40.6 Å². The maximum atomic E-state index is 15.0. The Labute approximate surface area is 195 Å². The fraction of sp³-hybridized carbons (Fsp3) is 0.318. The number of rotatable bonds is 3. The smallest absolute Gasteiger partial charge is 0.156 e. The zero-order chi connectivity index (χ0) is 23.3. The molecule has 1 saturated heterocycles. The van der Waals surface area contributed by atoms with E-state index in [9.17, 15) is 4.21 Å². The summed E-state index contributed by atoms with van der Waals surface area (Å²) in [5.74, 6) is 0.235. The molecule has 0 radical (unpaired) electrons. The highest BCUT2D eigenvalue weighted by Crippen LogP contribution is 2.37. The number of hydrogen-bond donors (Lipinski definition) is 3. The van der Waals surface area contributed by atoms with E-state index in [-0.39, 0.29) is 11.6 Å². The standard InChI is InChI=1S/C22H24BrFN6OS/c1-21(2)20(25)30-22(3,12-32(21,31)26-4)16-10-15(5-6-17(16)24)29-19-18-13(7-8-27-19)9-14(23)11-28-18/h5-11H,12H2,1-4H3,(H2,25,30)(H,27,29)/t22-,32-/m0/s1. The first-order valence-corrected chi connectivity index (χ1v) is 12.4. The number of nitrogens with one attached hydrogen (secondary N) is 3. The Morgan fingerprint density at radius 2 is 2.00 bits per heavy atom. The van der Waals surface area contributed by atoms with Crippen LogP contribution in [-0.4, -0.2) is 37.6 Å². The molecule has 3 N–H and O–H groups in total. The monoisotopic (exact) mass is 518 g/mol. The van der Waals surface area contributed by atoms with Gasteiger partial charge in [0.15, 0.2) is 5.82 Å². The average molecular weight is 519 g/mol. The van der Waals surface area contributed by atoms with Crippen molar-refractivity contribution in [1.82, 2.24) is 15.3 Å². The maximum Gasteiger partial charge on any atom is 0.156 e. The number of anilines is 2. The van der Waals surface area contributed by atoms with Gasteiger partial charge in [-0.2, -0.15) is 0 Å². The average Bonchev–Trinajstić information content (AvgIpc) is 2.73. The van der Waals surface area contributed by atoms with Crippen molar-refractivity contribution in [2.45, 2.75) is 31.1 Å². The van der Waals surface area contributed by atoms with E-state index in [1.807, 2.05) is 12.1 Å². The van der Waals surface area contributed by atoms with E-state index in [0.717, 1.165) is 9.86 Å². The minimum absolute atomic E-state index is 0.0742. The second-order valence-electron chi connectivity index (χ2n) is 8.51. The predicted molar refractivity (Wildman–Crippen MR) is 131 cm³/mol. The van der Waals surface area contributed by atoms with Crippen LogP contribution < -0.4 is 10.6 Å². The summed E-state index contributed by atoms with van der Waals surface area (Å²) in [6, 6.07) is 8.42. The number of nitrogens with zero attached hydrogens (tertiary/aromatic N) is 3. The molecule has 10 heteroatoms. The Morgan fingerprint density at radius 1 is 1.25 bits per heavy atom. The summed E-state index contributed by atoms with van der Waals surface area (Å²) in [5.41, 5.74) is 0.515. The summed E-state index contributed by atoms with van der Waals surface area (Å²) in [5, 5.41) is 15.7. The van der Waals surface area contributed by atoms with Crippen LogP contribution in [0.15, 0.2) is 51.6 Å². The Kier molecular flexibility index (Phi) is 5.49. The Morgan fingerprint density at radius 3 is 2.72 bits per heavy atom. The molecule has 0 amide bonds. The largest absolute Gasteiger partial charge is 0.362 e. The summed E-state index contributed by atoms with van der Waals surface area (Å²) < 4.78 is 32.6. The van der Waals surface area contributed by atoms with Gasteiger partial charge in [-0.15, -0.1) is 0 Å². The van der Waals surface area contributed by atoms with Gasteiger partial charge < -0.3 is 10.6 Å². The normalized spacial score (nSPS) is 24.8. The minimum atomic E-state index is -2.81. The zero-order valence-corrected chi connectivity index (χ0v) is 20.6. The third kappa shape index (κ3) is 3.65. The van der Waals surface area contributed by atoms with Gasteiger partial charge in [-0.3, -0.25) is 10.4 Å². The van der Waals surface area contributed by atoms with Crippen molar-refractivity contribution in [3.05, 3.63) is 58.6 Å². The summed E-state index contributed by atoms with van der Waals surface area (Å²) >= 11 is 3.42. The quantitative estimate of drug-likeness (QED) is 0.455. The van der Waals surface area contributed by atoms with E-state index >= 15 is 4.39 Å². The molecule has 4 rings (SSSR count). The van der Waals surface area contributed by atoms with Gasteiger partial charge in [0.25, 0.3) is 0 Å². The predicted octanol–water partition coefficient (Wildman–Crippen LogP) is 4.95. The first-order valence-electron chi connectivity index (χ1n) is 9.96. The van der Waals surface area contributed by atoms with E-state index < -0.39 is 25.8 Å². The molecule has 32 heavy (non-hydrogen) atoms. The summed E-state index contributed by atoms with van der Waals surface area (Å²) in [7, 11) is -1.31. The maximum absolute atomic E-state index is 15.0. The Hall–Kier alpha value is -2.59. The van der Waals surface area contributed by atoms with Crippen LogP contribution >= 0.6 is 15.9 Å². The highest BCUT2D eigenvalue weighted by atomic mass is 79.9. The lowest BCUT2D eigenvalue weighted by atomic mass is 9.91. The molecular weight excluding hydrogens is 495 g/mol. The molecule has 3 aromatic rings. The van der Waals surface area contributed by atoms with Crippen molar-refractivity contribution >= 4 is 53.9 Å². The SMILES string of the molecule is CN=[S@]1(=O)C[C@@](C)(c2cc(Nc3nccc4cc(Br)cnc34)ccc2F)NC(=N)C1(C)C. The molecule has 0 spiro atoms. The molecule has 1 fully saturated rings. The number of aromatic nitrogens is 2. The summed E-state index contributed by atoms with van der Waals surface area (Å²) in [6.45, 7) is 5.20. The van der Waals surface area contributed by atoms with Crippen LogP contribution in [0.1, 0.15) is 26.3 Å². The van der Waals surface area contributed by atoms with Crippen LogP contribution in [0, 0.1) is 11.2 Å². The van der Waals surface area contributed by atoms with Crippen LogP contribution in [0.3, 0.4) is 0 Å². The van der Waals surface area contributed by atoms with Gasteiger partial charge in [-0.25, -0.2) is 17.9 Å². The lowest BCUT2D eigenvalue weighted by molar-refractivity contribution is 0.434. The molecule has 2 aromatic heterocycles. The van der Waals surface area contributed by atoms with Gasteiger partial charge in [-0.1, -0.05) is 0 Å². The third-order valence-electron chi connectivity index (χ3n) is 5.97. The fourth-order valence-corrected chi connectivity index (χ4v) is 6.59. The second kappa shape index (κ2) is 7.77. The van der Waals surface area contributed by atoms with Crippen molar-refractivity contribution in [3.63, 3.8) is 0 Å². The first-order chi connectivity index (χ1) is 15.0. The molecule has 168 valence electrons. The van der Waals surface area contributed by atoms with Crippen molar-refractivity contribution in [2.75, 3.05) is 18.1 Å². The molecule has 0 unspecified atom stereocenters. The number of pyridine rings is 2. The summed E-state index contributed by atoms with van der Waals surface area (Å²) in [4.78, 5) is 8.83. The van der Waals surface area contributed by atoms with Crippen LogP contribution in [0.2, 0.25) is 0 Å². The molecular formula is C22H24BrFN6OS. The Balaban J connectivity index is 1.76. The van der Waals surface area contributed by atoms with Gasteiger partial charge in [-0.05, 0) is 67.0 Å². The molecule has 3 heterocycles. The topological polar surface area (TPSA) is 103 Å². The van der Waals surface area contributed by atoms with Crippen molar-refractivity contribution < 1.29 is 8.60 Å². The van der Waals surface area contributed by atoms with E-state index in [1.54, 1.807) is 45.3 Å². The van der Waals surface area contributed by atoms with Crippen LogP contribution in [0.5, 0.6) is 0 Å². The highest BCUT2D eigenvalue weighted by Gasteiger charge is 2.49. The molecule has 0 saturated carbocycles. The molecule has 1 aliphatic rings. The molecule has 0 aliphatic carbocycles. The van der Waals surface area contributed by atoms with E-state index in [4.69, 9.17) is 5.41 Å². The van der Waals surface area contributed by atoms with Crippen molar-refractivity contribution in [1.29, 1.82) is 5.41 Å². The van der Waals surface area contributed by atoms with Gasteiger partial charge >= 0.3 is 0 Å². The second-order valence-corrected chi connectivity index (χ2v) is 12.4. The Bertz CT molecular complexity index is 1370. The highest BCUT2D eigenvalue weighted by molar-refractivity contribution is 9.10. The first kappa shape index (κ1) is 22.6. The molecule has 1 aromatic carbocycles. The van der Waals surface area contributed by atoms with Gasteiger partial charge in [0.1, 0.15) is 21.9 Å². The van der Waals surface area contributed by atoms with Gasteiger partial charge in [0.05, 0.1) is 21.0 Å². The summed E-state index contributed by atoms with van der Waals surface area (Å²) in [6.07, 6.45) is 3.37. The fourth-order valence-electron chi connectivity index (χ4n) is 3.92.